The molecule has 0 saturated heterocycles. The van der Waals surface area contributed by atoms with Crippen LogP contribution in [0.4, 0.5) is 8.78 Å². The Morgan fingerprint density at radius 1 is 1.35 bits per heavy atom. The van der Waals surface area contributed by atoms with Gasteiger partial charge in [-0.3, -0.25) is 4.79 Å². The van der Waals surface area contributed by atoms with Crippen LogP contribution in [-0.2, 0) is 11.2 Å². The molecule has 0 unspecified atom stereocenters. The molecule has 0 saturated carbocycles. The number of hydrogen-bond acceptors (Lipinski definition) is 3. The Labute approximate surface area is 117 Å². The normalized spacial score (nSPS) is 11.6. The second-order valence-electron chi connectivity index (χ2n) is 5.12. The molecule has 20 heavy (non-hydrogen) atoms. The Kier molecular flexibility index (Phi) is 5.44. The molecule has 0 aliphatic rings. The number of hydrogen-bond donors (Lipinski definition) is 1. The van der Waals surface area contributed by atoms with Gasteiger partial charge in [-0.2, -0.15) is 8.78 Å². The lowest BCUT2D eigenvalue weighted by molar-refractivity contribution is -0.135. The van der Waals surface area contributed by atoms with E-state index in [-0.39, 0.29) is 24.7 Å². The summed E-state index contributed by atoms with van der Waals surface area (Å²) in [6.45, 7) is 0.504. The van der Waals surface area contributed by atoms with Crippen molar-refractivity contribution < 1.29 is 23.4 Å². The third-order valence-electron chi connectivity index (χ3n) is 3.17. The van der Waals surface area contributed by atoms with Gasteiger partial charge in [-0.25, -0.2) is 0 Å². The largest absolute Gasteiger partial charge is 0.435 e. The predicted molar refractivity (Wildman–Crippen MR) is 70.7 cm³/mol. The average molecular weight is 287 g/mol. The highest BCUT2D eigenvalue weighted by Crippen LogP contribution is 2.17. The van der Waals surface area contributed by atoms with Crippen LogP contribution in [0, 0.1) is 0 Å². The van der Waals surface area contributed by atoms with Gasteiger partial charge in [0.05, 0.1) is 18.6 Å². The summed E-state index contributed by atoms with van der Waals surface area (Å²) < 4.78 is 28.2. The second-order valence-corrected chi connectivity index (χ2v) is 5.12. The Morgan fingerprint density at radius 3 is 2.35 bits per heavy atom. The third-order valence-corrected chi connectivity index (χ3v) is 3.17. The molecule has 0 aliphatic heterocycles. The van der Waals surface area contributed by atoms with Crippen molar-refractivity contribution in [3.63, 3.8) is 0 Å². The van der Waals surface area contributed by atoms with E-state index in [1.807, 2.05) is 0 Å². The second kappa shape index (κ2) is 6.65. The van der Waals surface area contributed by atoms with Crippen LogP contribution in [-0.4, -0.2) is 41.7 Å². The molecule has 0 atom stereocenters. The molecule has 1 rings (SSSR count). The quantitative estimate of drug-likeness (QED) is 0.871. The fourth-order valence-corrected chi connectivity index (χ4v) is 1.53. The summed E-state index contributed by atoms with van der Waals surface area (Å²) in [5, 5.41) is 9.22. The lowest BCUT2D eigenvalue weighted by Crippen LogP contribution is -2.48. The first kappa shape index (κ1) is 16.4. The molecule has 0 spiro atoms. The number of alkyl halides is 2. The SMILES string of the molecule is CN(C(=O)Cc1ccc(OC(F)F)cc1)C(C)(C)CO. The molecule has 1 N–H and O–H groups in total. The molecule has 0 heterocycles. The molecule has 1 aromatic rings. The number of amides is 1. The molecule has 0 aliphatic carbocycles. The monoisotopic (exact) mass is 287 g/mol. The van der Waals surface area contributed by atoms with Crippen molar-refractivity contribution in [2.75, 3.05) is 13.7 Å². The number of nitrogens with zero attached hydrogens (tertiary/aromatic N) is 1. The van der Waals surface area contributed by atoms with Crippen molar-refractivity contribution >= 4 is 5.91 Å². The maximum atomic E-state index is 12.0. The van der Waals surface area contributed by atoms with Crippen molar-refractivity contribution in [1.82, 2.24) is 4.90 Å². The highest BCUT2D eigenvalue weighted by molar-refractivity contribution is 5.79. The van der Waals surface area contributed by atoms with E-state index >= 15 is 0 Å². The number of halogens is 2. The molecule has 0 bridgehead atoms. The summed E-state index contributed by atoms with van der Waals surface area (Å²) >= 11 is 0. The first-order valence-electron chi connectivity index (χ1n) is 6.17. The van der Waals surface area contributed by atoms with Crippen molar-refractivity contribution in [1.29, 1.82) is 0 Å². The Bertz CT molecular complexity index is 446. The van der Waals surface area contributed by atoms with Crippen LogP contribution in [0.25, 0.3) is 0 Å². The minimum absolute atomic E-state index is 0.0558. The summed E-state index contributed by atoms with van der Waals surface area (Å²) in [6, 6.07) is 5.92. The smallest absolute Gasteiger partial charge is 0.387 e. The van der Waals surface area contributed by atoms with Gasteiger partial charge in [0, 0.05) is 7.05 Å². The molecule has 6 heteroatoms. The van der Waals surface area contributed by atoms with Crippen molar-refractivity contribution in [2.45, 2.75) is 32.4 Å². The first-order valence-corrected chi connectivity index (χ1v) is 6.17. The van der Waals surface area contributed by atoms with Gasteiger partial charge in [0.2, 0.25) is 5.91 Å². The average Bonchev–Trinajstić information content (AvgIpc) is 2.39. The van der Waals surface area contributed by atoms with Crippen molar-refractivity contribution in [3.05, 3.63) is 29.8 Å². The van der Waals surface area contributed by atoms with Crippen LogP contribution in [0.15, 0.2) is 24.3 Å². The molecule has 4 nitrogen and oxygen atoms in total. The number of carbonyl (C=O) groups excluding carboxylic acids is 1. The molecule has 0 aromatic heterocycles. The molecular formula is C14H19F2NO3. The van der Waals surface area contributed by atoms with Gasteiger partial charge in [0.25, 0.3) is 0 Å². The number of benzene rings is 1. The summed E-state index contributed by atoms with van der Waals surface area (Å²) in [6.07, 6.45) is 0.134. The first-order chi connectivity index (χ1) is 9.26. The van der Waals surface area contributed by atoms with Gasteiger partial charge in [0.1, 0.15) is 5.75 Å². The zero-order chi connectivity index (χ0) is 15.3. The number of aliphatic hydroxyl groups is 1. The molecular weight excluding hydrogens is 268 g/mol. The van der Waals surface area contributed by atoms with E-state index in [9.17, 15) is 18.7 Å². The molecule has 1 amide bonds. The third kappa shape index (κ3) is 4.45. The highest BCUT2D eigenvalue weighted by Gasteiger charge is 2.26. The number of ether oxygens (including phenoxy) is 1. The van der Waals surface area contributed by atoms with Gasteiger partial charge >= 0.3 is 6.61 Å². The van der Waals surface area contributed by atoms with Gasteiger partial charge in [0.15, 0.2) is 0 Å². The van der Waals surface area contributed by atoms with E-state index in [2.05, 4.69) is 4.74 Å². The number of likely N-dealkylation sites (N-methyl/N-ethyl adjacent to an activating group) is 1. The lowest BCUT2D eigenvalue weighted by Gasteiger charge is -2.34. The zero-order valence-electron chi connectivity index (χ0n) is 11.8. The Balaban J connectivity index is 2.67. The Hall–Kier alpha value is -1.69. The number of aliphatic hydroxyl groups excluding tert-OH is 1. The van der Waals surface area contributed by atoms with Crippen molar-refractivity contribution in [3.8, 4) is 5.75 Å². The predicted octanol–water partition coefficient (Wildman–Crippen LogP) is 2.06. The summed E-state index contributed by atoms with van der Waals surface area (Å²) in [5.74, 6) is -0.105. The van der Waals surface area contributed by atoms with Crippen LogP contribution >= 0.6 is 0 Å². The van der Waals surface area contributed by atoms with Gasteiger partial charge in [-0.1, -0.05) is 12.1 Å². The highest BCUT2D eigenvalue weighted by atomic mass is 19.3. The van der Waals surface area contributed by atoms with Crippen LogP contribution in [0.1, 0.15) is 19.4 Å². The van der Waals surface area contributed by atoms with E-state index in [1.165, 1.54) is 17.0 Å². The molecule has 0 fully saturated rings. The van der Waals surface area contributed by atoms with Crippen LogP contribution in [0.5, 0.6) is 5.75 Å². The zero-order valence-corrected chi connectivity index (χ0v) is 11.8. The number of rotatable bonds is 6. The topological polar surface area (TPSA) is 49.8 Å². The fourth-order valence-electron chi connectivity index (χ4n) is 1.53. The molecule has 0 radical (unpaired) electrons. The van der Waals surface area contributed by atoms with Gasteiger partial charge in [-0.05, 0) is 31.5 Å². The van der Waals surface area contributed by atoms with Gasteiger partial charge < -0.3 is 14.7 Å². The minimum Gasteiger partial charge on any atom is -0.435 e. The van der Waals surface area contributed by atoms with E-state index < -0.39 is 12.2 Å². The van der Waals surface area contributed by atoms with Crippen molar-refractivity contribution in [2.24, 2.45) is 0 Å². The Morgan fingerprint density at radius 2 is 1.90 bits per heavy atom. The molecule has 1 aromatic carbocycles. The maximum absolute atomic E-state index is 12.0. The standard InChI is InChI=1S/C14H19F2NO3/c1-14(2,9-18)17(3)12(19)8-10-4-6-11(7-5-10)20-13(15)16/h4-7,13,18H,8-9H2,1-3H3. The summed E-state index contributed by atoms with van der Waals surface area (Å²) in [7, 11) is 1.62. The van der Waals surface area contributed by atoms with Crippen LogP contribution in [0.2, 0.25) is 0 Å². The maximum Gasteiger partial charge on any atom is 0.387 e. The van der Waals surface area contributed by atoms with E-state index in [4.69, 9.17) is 0 Å². The fraction of sp³-hybridized carbons (Fsp3) is 0.500. The summed E-state index contributed by atoms with van der Waals surface area (Å²) in [5.41, 5.74) is 0.0488. The minimum atomic E-state index is -2.86. The van der Waals surface area contributed by atoms with E-state index in [0.29, 0.717) is 5.56 Å². The molecule has 112 valence electrons. The van der Waals surface area contributed by atoms with E-state index in [0.717, 1.165) is 0 Å². The van der Waals surface area contributed by atoms with Crippen LogP contribution < -0.4 is 4.74 Å². The van der Waals surface area contributed by atoms with E-state index in [1.54, 1.807) is 33.0 Å². The van der Waals surface area contributed by atoms with Gasteiger partial charge in [-0.15, -0.1) is 0 Å². The number of carbonyl (C=O) groups is 1. The van der Waals surface area contributed by atoms with Crippen LogP contribution in [0.3, 0.4) is 0 Å². The lowest BCUT2D eigenvalue weighted by atomic mass is 10.0. The summed E-state index contributed by atoms with van der Waals surface area (Å²) in [4.78, 5) is 13.5.